The van der Waals surface area contributed by atoms with Crippen LogP contribution in [0.1, 0.15) is 27.5 Å². The molecule has 3 aromatic carbocycles. The van der Waals surface area contributed by atoms with Crippen LogP contribution in [0, 0.1) is 29.1 Å². The Morgan fingerprint density at radius 1 is 0.625 bits per heavy atom. The molecule has 1 heterocycles. The number of carbonyl (C=O) groups excluding carboxylic acids is 1. The van der Waals surface area contributed by atoms with Crippen molar-refractivity contribution in [2.24, 2.45) is 0 Å². The van der Waals surface area contributed by atoms with Crippen LogP contribution in [0.4, 0.5) is 22.0 Å². The molecule has 1 saturated heterocycles. The number of benzene rings is 3. The summed E-state index contributed by atoms with van der Waals surface area (Å²) < 4.78 is 68.5. The molecule has 4 rings (SSSR count). The number of halogens is 5. The summed E-state index contributed by atoms with van der Waals surface area (Å²) in [5, 5.41) is 0. The molecule has 0 spiro atoms. The largest absolute Gasteiger partial charge is 0.336 e. The minimum absolute atomic E-state index is 0.0779. The van der Waals surface area contributed by atoms with Crippen molar-refractivity contribution in [1.29, 1.82) is 0 Å². The predicted molar refractivity (Wildman–Crippen MR) is 108 cm³/mol. The topological polar surface area (TPSA) is 23.6 Å². The lowest BCUT2D eigenvalue weighted by Crippen LogP contribution is -2.50. The van der Waals surface area contributed by atoms with Gasteiger partial charge in [0.25, 0.3) is 5.91 Å². The summed E-state index contributed by atoms with van der Waals surface area (Å²) in [6.45, 7) is 0.869. The molecule has 0 radical (unpaired) electrons. The minimum atomic E-state index is -2.28. The second kappa shape index (κ2) is 9.08. The van der Waals surface area contributed by atoms with Crippen LogP contribution in [0.2, 0.25) is 0 Å². The van der Waals surface area contributed by atoms with Gasteiger partial charge in [-0.25, -0.2) is 22.0 Å². The standard InChI is InChI=1S/C24H19F5N2O/c25-18-17(19(26)21(28)22(29)20(18)27)24(32)31-13-11-30(12-14-31)23(15-7-3-1-4-8-15)16-9-5-2-6-10-16/h1-10,23H,11-14H2. The quantitative estimate of drug-likeness (QED) is 0.322. The van der Waals surface area contributed by atoms with Crippen molar-refractivity contribution in [1.82, 2.24) is 9.80 Å². The van der Waals surface area contributed by atoms with E-state index in [9.17, 15) is 26.7 Å². The first-order valence-corrected chi connectivity index (χ1v) is 10.0. The molecule has 0 aliphatic carbocycles. The van der Waals surface area contributed by atoms with E-state index in [1.165, 1.54) is 0 Å². The van der Waals surface area contributed by atoms with E-state index in [-0.39, 0.29) is 19.1 Å². The third kappa shape index (κ3) is 3.98. The van der Waals surface area contributed by atoms with Crippen molar-refractivity contribution in [3.63, 3.8) is 0 Å². The van der Waals surface area contributed by atoms with E-state index in [0.29, 0.717) is 13.1 Å². The number of rotatable bonds is 4. The van der Waals surface area contributed by atoms with Crippen molar-refractivity contribution >= 4 is 5.91 Å². The van der Waals surface area contributed by atoms with Gasteiger partial charge in [0.1, 0.15) is 5.56 Å². The Morgan fingerprint density at radius 2 is 1.03 bits per heavy atom. The zero-order valence-corrected chi connectivity index (χ0v) is 16.9. The lowest BCUT2D eigenvalue weighted by molar-refractivity contribution is 0.0585. The van der Waals surface area contributed by atoms with Gasteiger partial charge in [0, 0.05) is 26.2 Å². The third-order valence-electron chi connectivity index (χ3n) is 5.62. The summed E-state index contributed by atoms with van der Waals surface area (Å²) in [6.07, 6.45) is 0. The Kier molecular flexibility index (Phi) is 6.23. The van der Waals surface area contributed by atoms with Crippen LogP contribution in [0.5, 0.6) is 0 Å². The van der Waals surface area contributed by atoms with Crippen molar-refractivity contribution in [2.75, 3.05) is 26.2 Å². The van der Waals surface area contributed by atoms with Crippen LogP contribution in [0.3, 0.4) is 0 Å². The first kappa shape index (κ1) is 22.0. The number of hydrogen-bond acceptors (Lipinski definition) is 2. The Balaban J connectivity index is 1.57. The van der Waals surface area contributed by atoms with Gasteiger partial charge in [-0.1, -0.05) is 60.7 Å². The molecule has 1 aliphatic rings. The van der Waals surface area contributed by atoms with E-state index in [0.717, 1.165) is 16.0 Å². The first-order chi connectivity index (χ1) is 15.4. The molecule has 32 heavy (non-hydrogen) atoms. The van der Waals surface area contributed by atoms with Crippen LogP contribution < -0.4 is 0 Å². The second-order valence-electron chi connectivity index (χ2n) is 7.50. The Hall–Kier alpha value is -3.26. The minimum Gasteiger partial charge on any atom is -0.336 e. The fourth-order valence-electron chi connectivity index (χ4n) is 4.02. The van der Waals surface area contributed by atoms with E-state index < -0.39 is 40.6 Å². The van der Waals surface area contributed by atoms with E-state index in [4.69, 9.17) is 0 Å². The summed E-state index contributed by atoms with van der Waals surface area (Å²) in [4.78, 5) is 15.9. The fraction of sp³-hybridized carbons (Fsp3) is 0.208. The summed E-state index contributed by atoms with van der Waals surface area (Å²) in [5.74, 6) is -12.0. The number of piperazine rings is 1. The van der Waals surface area contributed by atoms with Crippen LogP contribution >= 0.6 is 0 Å². The molecule has 0 atom stereocenters. The molecule has 1 amide bonds. The van der Waals surface area contributed by atoms with Gasteiger partial charge in [0.15, 0.2) is 23.3 Å². The smallest absolute Gasteiger partial charge is 0.260 e. The van der Waals surface area contributed by atoms with E-state index in [2.05, 4.69) is 4.90 Å². The maximum atomic E-state index is 14.1. The SMILES string of the molecule is O=C(c1c(F)c(F)c(F)c(F)c1F)N1CCN(C(c2ccccc2)c2ccccc2)CC1. The molecule has 0 N–H and O–H groups in total. The second-order valence-corrected chi connectivity index (χ2v) is 7.50. The Bertz CT molecular complexity index is 1050. The van der Waals surface area contributed by atoms with Gasteiger partial charge >= 0.3 is 0 Å². The molecule has 0 saturated carbocycles. The van der Waals surface area contributed by atoms with Crippen LogP contribution in [-0.2, 0) is 0 Å². The van der Waals surface area contributed by atoms with Gasteiger partial charge in [-0.15, -0.1) is 0 Å². The molecule has 8 heteroatoms. The highest BCUT2D eigenvalue weighted by Crippen LogP contribution is 2.30. The highest BCUT2D eigenvalue weighted by molar-refractivity contribution is 5.95. The van der Waals surface area contributed by atoms with Gasteiger partial charge in [-0.3, -0.25) is 9.69 Å². The fourth-order valence-corrected chi connectivity index (χ4v) is 4.02. The zero-order valence-electron chi connectivity index (χ0n) is 16.9. The summed E-state index contributed by atoms with van der Waals surface area (Å²) in [6, 6.07) is 19.4. The van der Waals surface area contributed by atoms with E-state index in [1.807, 2.05) is 60.7 Å². The molecular weight excluding hydrogens is 427 g/mol. The highest BCUT2D eigenvalue weighted by atomic mass is 19.2. The normalized spacial score (nSPS) is 14.8. The average molecular weight is 446 g/mol. The molecule has 3 nitrogen and oxygen atoms in total. The van der Waals surface area contributed by atoms with Gasteiger partial charge in [-0.05, 0) is 11.1 Å². The summed E-state index contributed by atoms with van der Waals surface area (Å²) in [7, 11) is 0. The van der Waals surface area contributed by atoms with Gasteiger partial charge in [0.2, 0.25) is 5.82 Å². The predicted octanol–water partition coefficient (Wildman–Crippen LogP) is 4.93. The zero-order chi connectivity index (χ0) is 22.8. The van der Waals surface area contributed by atoms with Gasteiger partial charge < -0.3 is 4.90 Å². The van der Waals surface area contributed by atoms with Gasteiger partial charge in [-0.2, -0.15) is 0 Å². The number of hydrogen-bond donors (Lipinski definition) is 0. The maximum Gasteiger partial charge on any atom is 0.260 e. The molecule has 0 bridgehead atoms. The van der Waals surface area contributed by atoms with Crippen molar-refractivity contribution in [3.8, 4) is 0 Å². The van der Waals surface area contributed by atoms with E-state index >= 15 is 0 Å². The molecular formula is C24H19F5N2O. The molecule has 3 aromatic rings. The summed E-state index contributed by atoms with van der Waals surface area (Å²) >= 11 is 0. The monoisotopic (exact) mass is 446 g/mol. The lowest BCUT2D eigenvalue weighted by atomic mass is 9.96. The first-order valence-electron chi connectivity index (χ1n) is 10.0. The van der Waals surface area contributed by atoms with E-state index in [1.54, 1.807) is 0 Å². The van der Waals surface area contributed by atoms with Crippen LogP contribution in [-0.4, -0.2) is 41.9 Å². The molecule has 0 unspecified atom stereocenters. The molecule has 1 aliphatic heterocycles. The highest BCUT2D eigenvalue weighted by Gasteiger charge is 2.34. The van der Waals surface area contributed by atoms with Crippen molar-refractivity contribution < 1.29 is 26.7 Å². The summed E-state index contributed by atoms with van der Waals surface area (Å²) in [5.41, 5.74) is 0.661. The molecule has 0 aromatic heterocycles. The molecule has 1 fully saturated rings. The lowest BCUT2D eigenvalue weighted by Gasteiger charge is -2.39. The van der Waals surface area contributed by atoms with Crippen molar-refractivity contribution in [2.45, 2.75) is 6.04 Å². The Morgan fingerprint density at radius 3 is 1.47 bits per heavy atom. The van der Waals surface area contributed by atoms with Crippen LogP contribution in [0.25, 0.3) is 0 Å². The Labute approximate surface area is 181 Å². The van der Waals surface area contributed by atoms with Crippen LogP contribution in [0.15, 0.2) is 60.7 Å². The van der Waals surface area contributed by atoms with Crippen molar-refractivity contribution in [3.05, 3.63) is 106 Å². The number of nitrogens with zero attached hydrogens (tertiary/aromatic N) is 2. The average Bonchev–Trinajstić information content (AvgIpc) is 2.83. The third-order valence-corrected chi connectivity index (χ3v) is 5.62. The number of amides is 1. The van der Waals surface area contributed by atoms with Gasteiger partial charge in [0.05, 0.1) is 6.04 Å². The number of carbonyl (C=O) groups is 1. The maximum absolute atomic E-state index is 14.1. The molecule has 166 valence electrons.